The van der Waals surface area contributed by atoms with E-state index in [4.69, 9.17) is 0 Å². The molecule has 0 aliphatic carbocycles. The summed E-state index contributed by atoms with van der Waals surface area (Å²) in [7, 11) is 4.21. The van der Waals surface area contributed by atoms with Crippen molar-refractivity contribution in [3.8, 4) is 23.0 Å². The Balaban J connectivity index is 0.0000000980. The van der Waals surface area contributed by atoms with Crippen molar-refractivity contribution in [3.63, 3.8) is 0 Å². The molecule has 12 saturated heterocycles. The second-order valence-electron chi connectivity index (χ2n) is 24.9. The van der Waals surface area contributed by atoms with Gasteiger partial charge in [0.05, 0.1) is 5.52 Å². The molecule has 12 heteroatoms. The first-order valence-corrected chi connectivity index (χ1v) is 29.4. The van der Waals surface area contributed by atoms with Gasteiger partial charge in [-0.1, -0.05) is 0 Å². The van der Waals surface area contributed by atoms with Crippen molar-refractivity contribution in [1.82, 2.24) is 38.7 Å². The van der Waals surface area contributed by atoms with E-state index in [0.717, 1.165) is 40.2 Å². The van der Waals surface area contributed by atoms with E-state index < -0.39 is 0 Å². The maximum absolute atomic E-state index is 9.77. The van der Waals surface area contributed by atoms with E-state index in [1.165, 1.54) is 196 Å². The molecule has 12 aliphatic heterocycles. The molecule has 4 unspecified atom stereocenters. The van der Waals surface area contributed by atoms with Crippen molar-refractivity contribution in [1.29, 1.82) is 0 Å². The summed E-state index contributed by atoms with van der Waals surface area (Å²) in [6.45, 7) is 21.6. The van der Waals surface area contributed by atoms with Gasteiger partial charge in [0.15, 0.2) is 0 Å². The molecule has 8 aromatic rings. The van der Waals surface area contributed by atoms with Gasteiger partial charge >= 0.3 is 0 Å². The predicted molar refractivity (Wildman–Crippen MR) is 311 cm³/mol. The summed E-state index contributed by atoms with van der Waals surface area (Å²) in [5.41, 5.74) is 14.4. The molecule has 6 N–H and O–H groups in total. The van der Waals surface area contributed by atoms with E-state index in [2.05, 4.69) is 91.9 Å². The minimum Gasteiger partial charge on any atom is -0.508 e. The number of aromatic nitrogens is 4. The standard InChI is InChI=1S/C17H22N2O.3C16H20N2O/c1-11-17(15-10-19-7-5-12(15)6-8-19)14-4-3-13(20)9-16(14)18(11)2;1-17-9-15(13-8-12(19)2-3-16(13)17)14-10-18-6-4-11(14)5-7-18;1-10-16(13-8-12(19)2-3-15(13)17-10)14-9-18-6-4-11(14)5-7-18;1-10-16(13-3-2-12(19)8-15(13)17-10)14-9-18-6-4-11(14)5-7-18/h3-4,9,12,15,20H,5-8,10H2,1-2H3;2-3,8-9,11,14,19H,4-7,10H2,1H3;2*2-3,8,11,14,17,19H,4-7,9H2,1H3. The number of aromatic hydroxyl groups is 4. The van der Waals surface area contributed by atoms with Crippen LogP contribution in [0.2, 0.25) is 0 Å². The van der Waals surface area contributed by atoms with Crippen molar-refractivity contribution in [3.05, 3.63) is 118 Å². The van der Waals surface area contributed by atoms with Crippen LogP contribution < -0.4 is 0 Å². The highest BCUT2D eigenvalue weighted by atomic mass is 16.3. The Morgan fingerprint density at radius 2 is 0.818 bits per heavy atom. The van der Waals surface area contributed by atoms with Gasteiger partial charge in [0.1, 0.15) is 23.0 Å². The van der Waals surface area contributed by atoms with E-state index in [1.807, 2.05) is 42.5 Å². The second-order valence-corrected chi connectivity index (χ2v) is 24.9. The average Bonchev–Trinajstić information content (AvgIpc) is 4.18. The van der Waals surface area contributed by atoms with Crippen molar-refractivity contribution >= 4 is 43.6 Å². The molecule has 12 fully saturated rings. The molecule has 4 aromatic heterocycles. The molecule has 12 aliphatic rings. The number of rotatable bonds is 4. The molecule has 0 spiro atoms. The summed E-state index contributed by atoms with van der Waals surface area (Å²) >= 11 is 0. The molecule has 16 heterocycles. The average molecular weight is 1040 g/mol. The van der Waals surface area contributed by atoms with Crippen LogP contribution in [0.4, 0.5) is 0 Å². The highest BCUT2D eigenvalue weighted by molar-refractivity contribution is 5.89. The number of hydrogen-bond acceptors (Lipinski definition) is 8. The fourth-order valence-corrected chi connectivity index (χ4v) is 16.6. The van der Waals surface area contributed by atoms with E-state index in [1.54, 1.807) is 18.2 Å². The molecule has 0 amide bonds. The Morgan fingerprint density at radius 3 is 1.34 bits per heavy atom. The molecule has 4 aromatic carbocycles. The highest BCUT2D eigenvalue weighted by Gasteiger charge is 2.40. The molecule has 406 valence electrons. The summed E-state index contributed by atoms with van der Waals surface area (Å²) in [5.74, 6) is 7.42. The minimum atomic E-state index is 0.342. The zero-order valence-electron chi connectivity index (χ0n) is 46.2. The first kappa shape index (κ1) is 50.6. The number of phenols is 4. The van der Waals surface area contributed by atoms with Crippen LogP contribution in [0.3, 0.4) is 0 Å². The van der Waals surface area contributed by atoms with Crippen LogP contribution in [0.25, 0.3) is 43.6 Å². The lowest BCUT2D eigenvalue weighted by Gasteiger charge is -2.45. The minimum absolute atomic E-state index is 0.342. The smallest absolute Gasteiger partial charge is 0.117 e. The number of aryl methyl sites for hydroxylation is 4. The monoisotopic (exact) mass is 1040 g/mol. The third kappa shape index (κ3) is 9.38. The normalized spacial score (nSPS) is 29.8. The van der Waals surface area contributed by atoms with Crippen LogP contribution >= 0.6 is 0 Å². The molecule has 12 nitrogen and oxygen atoms in total. The molecule has 20 rings (SSSR count). The first-order chi connectivity index (χ1) is 37.3. The Hall–Kier alpha value is -5.92. The SMILES string of the molecule is Cc1[nH]c2cc(O)ccc2c1C1CN2CCC1CC2.Cc1[nH]c2ccc(O)cc2c1C1CN2CCC1CC2.Cc1c(C2CN3CCC2CC3)c2ccc(O)cc2n1C.Cn1cc(C2CN3CCC2CC3)c2cc(O)ccc21. The predicted octanol–water partition coefficient (Wildman–Crippen LogP) is 11.7. The third-order valence-electron chi connectivity index (χ3n) is 20.7. The van der Waals surface area contributed by atoms with Crippen LogP contribution in [0.1, 0.15) is 114 Å². The van der Waals surface area contributed by atoms with E-state index in [-0.39, 0.29) is 0 Å². The van der Waals surface area contributed by atoms with Gasteiger partial charge in [0.2, 0.25) is 0 Å². The van der Waals surface area contributed by atoms with E-state index >= 15 is 0 Å². The largest absolute Gasteiger partial charge is 0.508 e. The third-order valence-corrected chi connectivity index (χ3v) is 20.7. The van der Waals surface area contributed by atoms with E-state index in [0.29, 0.717) is 46.7 Å². The molecular formula is C65H82N8O4. The lowest BCUT2D eigenvalue weighted by molar-refractivity contribution is 0.0873. The van der Waals surface area contributed by atoms with Gasteiger partial charge in [-0.05, 0) is 231 Å². The molecule has 4 atom stereocenters. The summed E-state index contributed by atoms with van der Waals surface area (Å²) in [6, 6.07) is 23.0. The summed E-state index contributed by atoms with van der Waals surface area (Å²) in [6.07, 6.45) is 13.0. The van der Waals surface area contributed by atoms with Crippen molar-refractivity contribution in [2.75, 3.05) is 78.5 Å². The first-order valence-electron chi connectivity index (χ1n) is 29.4. The quantitative estimate of drug-likeness (QED) is 0.103. The Kier molecular flexibility index (Phi) is 13.4. The van der Waals surface area contributed by atoms with Crippen molar-refractivity contribution in [2.24, 2.45) is 37.8 Å². The van der Waals surface area contributed by atoms with Gasteiger partial charge in [-0.15, -0.1) is 0 Å². The summed E-state index contributed by atoms with van der Waals surface area (Å²) in [4.78, 5) is 17.3. The number of fused-ring (bicyclic) bond motifs is 16. The Bertz CT molecular complexity index is 3430. The number of H-pyrrole nitrogens is 2. The fourth-order valence-electron chi connectivity index (χ4n) is 16.6. The maximum Gasteiger partial charge on any atom is 0.117 e. The zero-order valence-corrected chi connectivity index (χ0v) is 46.2. The maximum atomic E-state index is 9.77. The van der Waals surface area contributed by atoms with Crippen LogP contribution in [-0.2, 0) is 14.1 Å². The van der Waals surface area contributed by atoms with Gasteiger partial charge in [-0.2, -0.15) is 0 Å². The van der Waals surface area contributed by atoms with Gasteiger partial charge < -0.3 is 59.1 Å². The number of phenolic OH excluding ortho intramolecular Hbond substituents is 4. The number of hydrogen-bond donors (Lipinski definition) is 6. The molecule has 0 radical (unpaired) electrons. The second kappa shape index (κ2) is 20.4. The lowest BCUT2D eigenvalue weighted by Crippen LogP contribution is -2.46. The number of piperidine rings is 12. The lowest BCUT2D eigenvalue weighted by atomic mass is 9.75. The molecule has 0 saturated carbocycles. The van der Waals surface area contributed by atoms with Gasteiger partial charge in [-0.25, -0.2) is 0 Å². The number of aromatic amines is 2. The van der Waals surface area contributed by atoms with Gasteiger partial charge in [0.25, 0.3) is 0 Å². The van der Waals surface area contributed by atoms with Gasteiger partial charge in [-0.3, -0.25) is 0 Å². The Labute approximate surface area is 454 Å². The fraction of sp³-hybridized carbons (Fsp3) is 0.508. The topological polar surface area (TPSA) is 135 Å². The number of nitrogens with zero attached hydrogens (tertiary/aromatic N) is 6. The van der Waals surface area contributed by atoms with Crippen molar-refractivity contribution < 1.29 is 20.4 Å². The Morgan fingerprint density at radius 1 is 0.403 bits per heavy atom. The summed E-state index contributed by atoms with van der Waals surface area (Å²) in [5, 5.41) is 44.0. The van der Waals surface area contributed by atoms with Gasteiger partial charge in [0, 0.05) is 137 Å². The van der Waals surface area contributed by atoms with Crippen LogP contribution in [0, 0.1) is 44.4 Å². The van der Waals surface area contributed by atoms with Crippen LogP contribution in [-0.4, -0.2) is 138 Å². The molecule has 77 heavy (non-hydrogen) atoms. The zero-order chi connectivity index (χ0) is 52.8. The highest BCUT2D eigenvalue weighted by Crippen LogP contribution is 2.47. The molecule has 8 bridgehead atoms. The van der Waals surface area contributed by atoms with Crippen molar-refractivity contribution in [2.45, 2.75) is 95.8 Å². The van der Waals surface area contributed by atoms with Crippen LogP contribution in [0.5, 0.6) is 23.0 Å². The van der Waals surface area contributed by atoms with Crippen LogP contribution in [0.15, 0.2) is 79.0 Å². The number of nitrogens with one attached hydrogen (secondary N) is 2. The number of benzene rings is 4. The summed E-state index contributed by atoms with van der Waals surface area (Å²) < 4.78 is 4.43. The van der Waals surface area contributed by atoms with E-state index in [9.17, 15) is 20.4 Å². The molecular weight excluding hydrogens is 957 g/mol.